The third kappa shape index (κ3) is 5.79. The van der Waals surface area contributed by atoms with Crippen molar-refractivity contribution in [3.8, 4) is 0 Å². The van der Waals surface area contributed by atoms with Gasteiger partial charge in [0.25, 0.3) is 0 Å². The fourth-order valence-corrected chi connectivity index (χ4v) is 5.86. The molecule has 2 N–H and O–H groups in total. The molecule has 2 aromatic rings. The third-order valence-corrected chi connectivity index (χ3v) is 6.51. The molecule has 0 atom stereocenters. The standard InChI is InChI=1S/C16H22N4O2S3/c1-5-7-11-13(24-15(19-11)17-9(3)21)23-14-12(8-6-2)20-16(25-14)18-10(4)22/h5-8H2,1-4H3,(H,17,19,21)(H,18,20,22). The molecule has 136 valence electrons. The highest BCUT2D eigenvalue weighted by Gasteiger charge is 2.18. The molecule has 0 saturated heterocycles. The van der Waals surface area contributed by atoms with E-state index in [0.29, 0.717) is 10.3 Å². The van der Waals surface area contributed by atoms with Crippen molar-refractivity contribution in [3.63, 3.8) is 0 Å². The van der Waals surface area contributed by atoms with E-state index in [0.717, 1.165) is 45.5 Å². The number of carbonyl (C=O) groups is 2. The van der Waals surface area contributed by atoms with Gasteiger partial charge in [0.15, 0.2) is 10.3 Å². The molecule has 0 aromatic carbocycles. The summed E-state index contributed by atoms with van der Waals surface area (Å²) in [6.45, 7) is 7.18. The molecule has 9 heteroatoms. The van der Waals surface area contributed by atoms with Crippen molar-refractivity contribution in [3.05, 3.63) is 11.4 Å². The monoisotopic (exact) mass is 398 g/mol. The quantitative estimate of drug-likeness (QED) is 0.680. The highest BCUT2D eigenvalue weighted by molar-refractivity contribution is 8.03. The number of nitrogens with one attached hydrogen (secondary N) is 2. The first-order valence-corrected chi connectivity index (χ1v) is 10.6. The van der Waals surface area contributed by atoms with E-state index in [2.05, 4.69) is 34.4 Å². The number of nitrogens with zero attached hydrogens (tertiary/aromatic N) is 2. The van der Waals surface area contributed by atoms with Gasteiger partial charge in [0, 0.05) is 13.8 Å². The third-order valence-electron chi connectivity index (χ3n) is 3.05. The van der Waals surface area contributed by atoms with Crippen molar-refractivity contribution in [1.29, 1.82) is 0 Å². The van der Waals surface area contributed by atoms with E-state index >= 15 is 0 Å². The van der Waals surface area contributed by atoms with Crippen LogP contribution in [-0.4, -0.2) is 21.8 Å². The summed E-state index contributed by atoms with van der Waals surface area (Å²) in [5.41, 5.74) is 2.00. The molecule has 0 bridgehead atoms. The Bertz CT molecular complexity index is 692. The largest absolute Gasteiger partial charge is 0.302 e. The second kappa shape index (κ2) is 9.30. The lowest BCUT2D eigenvalue weighted by Crippen LogP contribution is -2.05. The molecule has 0 aliphatic heterocycles. The summed E-state index contributed by atoms with van der Waals surface area (Å²) in [6, 6.07) is 0. The first-order valence-electron chi connectivity index (χ1n) is 8.15. The maximum atomic E-state index is 11.3. The first kappa shape index (κ1) is 19.9. The van der Waals surface area contributed by atoms with Crippen molar-refractivity contribution < 1.29 is 9.59 Å². The molecular weight excluding hydrogens is 376 g/mol. The van der Waals surface area contributed by atoms with Crippen molar-refractivity contribution >= 4 is 56.5 Å². The van der Waals surface area contributed by atoms with E-state index in [9.17, 15) is 9.59 Å². The number of anilines is 2. The Hall–Kier alpha value is -1.45. The van der Waals surface area contributed by atoms with Crippen LogP contribution in [0.2, 0.25) is 0 Å². The Morgan fingerprint density at radius 1 is 0.880 bits per heavy atom. The van der Waals surface area contributed by atoms with Crippen molar-refractivity contribution in [2.24, 2.45) is 0 Å². The Labute approximate surface area is 159 Å². The van der Waals surface area contributed by atoms with Crippen LogP contribution in [0.15, 0.2) is 8.42 Å². The molecule has 0 saturated carbocycles. The van der Waals surface area contributed by atoms with Crippen molar-refractivity contribution in [1.82, 2.24) is 9.97 Å². The van der Waals surface area contributed by atoms with Gasteiger partial charge >= 0.3 is 0 Å². The van der Waals surface area contributed by atoms with Crippen LogP contribution < -0.4 is 10.6 Å². The fourth-order valence-electron chi connectivity index (χ4n) is 2.12. The minimum absolute atomic E-state index is 0.120. The number of amides is 2. The predicted octanol–water partition coefficient (Wildman–Crippen LogP) is 4.57. The molecule has 6 nitrogen and oxygen atoms in total. The van der Waals surface area contributed by atoms with E-state index < -0.39 is 0 Å². The van der Waals surface area contributed by atoms with Gasteiger partial charge in [-0.15, -0.1) is 0 Å². The van der Waals surface area contributed by atoms with Crippen LogP contribution in [0.4, 0.5) is 10.3 Å². The zero-order valence-electron chi connectivity index (χ0n) is 14.8. The number of carbonyl (C=O) groups excluding carboxylic acids is 2. The van der Waals surface area contributed by atoms with Crippen LogP contribution >= 0.6 is 34.4 Å². The van der Waals surface area contributed by atoms with Crippen LogP contribution in [0.3, 0.4) is 0 Å². The topological polar surface area (TPSA) is 84.0 Å². The summed E-state index contributed by atoms with van der Waals surface area (Å²) >= 11 is 4.59. The van der Waals surface area contributed by atoms with Crippen molar-refractivity contribution in [2.45, 2.75) is 61.8 Å². The molecule has 25 heavy (non-hydrogen) atoms. The lowest BCUT2D eigenvalue weighted by atomic mass is 10.3. The minimum Gasteiger partial charge on any atom is -0.302 e. The van der Waals surface area contributed by atoms with Crippen LogP contribution in [0.1, 0.15) is 51.9 Å². The maximum Gasteiger partial charge on any atom is 0.223 e. The average molecular weight is 399 g/mol. The van der Waals surface area contributed by atoms with Gasteiger partial charge in [0.05, 0.1) is 19.8 Å². The zero-order chi connectivity index (χ0) is 18.4. The number of hydrogen-bond acceptors (Lipinski definition) is 7. The Morgan fingerprint density at radius 3 is 1.60 bits per heavy atom. The van der Waals surface area contributed by atoms with Gasteiger partial charge in [-0.2, -0.15) is 0 Å². The first-order chi connectivity index (χ1) is 11.9. The molecule has 2 aromatic heterocycles. The number of hydrogen-bond donors (Lipinski definition) is 2. The number of thiazole rings is 2. The molecular formula is C16H22N4O2S3. The SMILES string of the molecule is CCCc1nc(NC(C)=O)sc1Sc1sc(NC(C)=O)nc1CCC. The molecule has 2 heterocycles. The summed E-state index contributed by atoms with van der Waals surface area (Å²) in [6.07, 6.45) is 3.69. The Morgan fingerprint density at radius 2 is 1.28 bits per heavy atom. The average Bonchev–Trinajstić information content (AvgIpc) is 3.03. The highest BCUT2D eigenvalue weighted by Crippen LogP contribution is 2.43. The summed E-state index contributed by atoms with van der Waals surface area (Å²) in [5, 5.41) is 6.79. The van der Waals surface area contributed by atoms with Gasteiger partial charge in [-0.05, 0) is 12.8 Å². The van der Waals surface area contributed by atoms with Gasteiger partial charge in [-0.25, -0.2) is 9.97 Å². The van der Waals surface area contributed by atoms with Crippen LogP contribution in [0.5, 0.6) is 0 Å². The summed E-state index contributed by atoms with van der Waals surface area (Å²) < 4.78 is 2.14. The summed E-state index contributed by atoms with van der Waals surface area (Å²) in [5.74, 6) is -0.239. The van der Waals surface area contributed by atoms with E-state index in [1.54, 1.807) is 11.8 Å². The van der Waals surface area contributed by atoms with Gasteiger partial charge < -0.3 is 10.6 Å². The Balaban J connectivity index is 2.30. The molecule has 0 unspecified atom stereocenters. The lowest BCUT2D eigenvalue weighted by molar-refractivity contribution is -0.115. The summed E-state index contributed by atoms with van der Waals surface area (Å²) in [7, 11) is 0. The zero-order valence-corrected chi connectivity index (χ0v) is 17.2. The molecule has 0 fully saturated rings. The molecule has 0 aliphatic rings. The molecule has 0 aliphatic carbocycles. The molecule has 2 rings (SSSR count). The van der Waals surface area contributed by atoms with Gasteiger partial charge in [0.2, 0.25) is 11.8 Å². The minimum atomic E-state index is -0.120. The second-order valence-electron chi connectivity index (χ2n) is 5.47. The van der Waals surface area contributed by atoms with Crippen LogP contribution in [0.25, 0.3) is 0 Å². The number of aromatic nitrogens is 2. The van der Waals surface area contributed by atoms with Gasteiger partial charge in [-0.1, -0.05) is 61.1 Å². The van der Waals surface area contributed by atoms with Gasteiger partial charge in [-0.3, -0.25) is 9.59 Å². The normalized spacial score (nSPS) is 10.7. The number of rotatable bonds is 8. The van der Waals surface area contributed by atoms with E-state index in [4.69, 9.17) is 0 Å². The van der Waals surface area contributed by atoms with E-state index in [-0.39, 0.29) is 11.8 Å². The van der Waals surface area contributed by atoms with Crippen LogP contribution in [-0.2, 0) is 22.4 Å². The predicted molar refractivity (Wildman–Crippen MR) is 105 cm³/mol. The maximum absolute atomic E-state index is 11.3. The Kier molecular flexibility index (Phi) is 7.39. The second-order valence-corrected chi connectivity index (χ2v) is 9.01. The molecule has 0 radical (unpaired) electrons. The van der Waals surface area contributed by atoms with E-state index in [1.807, 2.05) is 0 Å². The number of aryl methyl sites for hydroxylation is 2. The highest BCUT2D eigenvalue weighted by atomic mass is 32.2. The molecule has 2 amide bonds. The smallest absolute Gasteiger partial charge is 0.223 e. The summed E-state index contributed by atoms with van der Waals surface area (Å²) in [4.78, 5) is 31.7. The fraction of sp³-hybridized carbons (Fsp3) is 0.500. The van der Waals surface area contributed by atoms with Gasteiger partial charge in [0.1, 0.15) is 0 Å². The lowest BCUT2D eigenvalue weighted by Gasteiger charge is -2.00. The molecule has 0 spiro atoms. The van der Waals surface area contributed by atoms with Crippen LogP contribution in [0, 0.1) is 0 Å². The van der Waals surface area contributed by atoms with Crippen molar-refractivity contribution in [2.75, 3.05) is 10.6 Å². The van der Waals surface area contributed by atoms with E-state index in [1.165, 1.54) is 36.5 Å².